The standard InChI is InChI=1S/C12H14ClNO2/c1-8-6-10(13)2-3-11(8)14-12(15)9-4-5-16-7-9/h2-3,6,9H,4-5,7H2,1H3,(H,14,15). The number of nitrogens with one attached hydrogen (secondary N) is 1. The van der Waals surface area contributed by atoms with Crippen LogP contribution < -0.4 is 5.32 Å². The number of anilines is 1. The van der Waals surface area contributed by atoms with Gasteiger partial charge < -0.3 is 10.1 Å². The molecule has 0 aromatic heterocycles. The molecule has 16 heavy (non-hydrogen) atoms. The predicted octanol–water partition coefficient (Wildman–Crippen LogP) is 2.62. The molecule has 1 fully saturated rings. The second-order valence-electron chi connectivity index (χ2n) is 4.01. The molecular weight excluding hydrogens is 226 g/mol. The lowest BCUT2D eigenvalue weighted by molar-refractivity contribution is -0.119. The van der Waals surface area contributed by atoms with Crippen LogP contribution in [0.3, 0.4) is 0 Å². The van der Waals surface area contributed by atoms with Crippen molar-refractivity contribution in [1.29, 1.82) is 0 Å². The van der Waals surface area contributed by atoms with Crippen LogP contribution >= 0.6 is 11.6 Å². The van der Waals surface area contributed by atoms with Gasteiger partial charge in [-0.2, -0.15) is 0 Å². The maximum Gasteiger partial charge on any atom is 0.229 e. The molecule has 0 spiro atoms. The molecule has 0 saturated carbocycles. The third-order valence-electron chi connectivity index (χ3n) is 2.75. The van der Waals surface area contributed by atoms with Crippen LogP contribution in [0.1, 0.15) is 12.0 Å². The predicted molar refractivity (Wildman–Crippen MR) is 63.7 cm³/mol. The highest BCUT2D eigenvalue weighted by Gasteiger charge is 2.23. The molecule has 1 unspecified atom stereocenters. The highest BCUT2D eigenvalue weighted by atomic mass is 35.5. The Balaban J connectivity index is 2.05. The smallest absolute Gasteiger partial charge is 0.229 e. The second kappa shape index (κ2) is 4.85. The highest BCUT2D eigenvalue weighted by Crippen LogP contribution is 2.21. The van der Waals surface area contributed by atoms with Gasteiger partial charge in [-0.3, -0.25) is 4.79 Å². The van der Waals surface area contributed by atoms with Crippen molar-refractivity contribution in [2.75, 3.05) is 18.5 Å². The number of halogens is 1. The quantitative estimate of drug-likeness (QED) is 0.862. The van der Waals surface area contributed by atoms with Crippen molar-refractivity contribution in [1.82, 2.24) is 0 Å². The topological polar surface area (TPSA) is 38.3 Å². The van der Waals surface area contributed by atoms with Crippen molar-refractivity contribution in [2.45, 2.75) is 13.3 Å². The third-order valence-corrected chi connectivity index (χ3v) is 2.98. The van der Waals surface area contributed by atoms with Crippen molar-refractivity contribution < 1.29 is 9.53 Å². The van der Waals surface area contributed by atoms with Crippen LogP contribution in [0, 0.1) is 12.8 Å². The Morgan fingerprint density at radius 1 is 1.56 bits per heavy atom. The molecule has 1 heterocycles. The highest BCUT2D eigenvalue weighted by molar-refractivity contribution is 6.30. The lowest BCUT2D eigenvalue weighted by Crippen LogP contribution is -2.23. The summed E-state index contributed by atoms with van der Waals surface area (Å²) in [7, 11) is 0. The molecule has 0 bridgehead atoms. The van der Waals surface area contributed by atoms with E-state index >= 15 is 0 Å². The Labute approximate surface area is 99.7 Å². The van der Waals surface area contributed by atoms with Gasteiger partial charge in [0.15, 0.2) is 0 Å². The summed E-state index contributed by atoms with van der Waals surface area (Å²) in [6, 6.07) is 5.43. The molecule has 1 aliphatic rings. The SMILES string of the molecule is Cc1cc(Cl)ccc1NC(=O)C1CCOC1. The van der Waals surface area contributed by atoms with Crippen molar-refractivity contribution >= 4 is 23.2 Å². The van der Waals surface area contributed by atoms with Crippen LogP contribution in [0.4, 0.5) is 5.69 Å². The summed E-state index contributed by atoms with van der Waals surface area (Å²) >= 11 is 5.85. The molecule has 1 aromatic rings. The molecule has 0 aliphatic carbocycles. The van der Waals surface area contributed by atoms with Gasteiger partial charge in [-0.05, 0) is 37.1 Å². The van der Waals surface area contributed by atoms with Gasteiger partial charge in [0.05, 0.1) is 12.5 Å². The number of ether oxygens (including phenoxy) is 1. The first-order valence-electron chi connectivity index (χ1n) is 5.31. The lowest BCUT2D eigenvalue weighted by atomic mass is 10.1. The van der Waals surface area contributed by atoms with Gasteiger partial charge in [-0.1, -0.05) is 11.6 Å². The molecule has 86 valence electrons. The van der Waals surface area contributed by atoms with Gasteiger partial charge in [0.25, 0.3) is 0 Å². The zero-order chi connectivity index (χ0) is 11.5. The third kappa shape index (κ3) is 2.54. The maximum atomic E-state index is 11.8. The van der Waals surface area contributed by atoms with Gasteiger partial charge in [0.1, 0.15) is 0 Å². The van der Waals surface area contributed by atoms with Gasteiger partial charge in [-0.25, -0.2) is 0 Å². The number of hydrogen-bond donors (Lipinski definition) is 1. The number of aryl methyl sites for hydroxylation is 1. The van der Waals surface area contributed by atoms with Crippen LogP contribution in [0.5, 0.6) is 0 Å². The molecule has 1 aliphatic heterocycles. The molecule has 1 saturated heterocycles. The minimum atomic E-state index is -0.0184. The van der Waals surface area contributed by atoms with E-state index in [4.69, 9.17) is 16.3 Å². The molecule has 1 N–H and O–H groups in total. The molecule has 2 rings (SSSR count). The molecule has 4 heteroatoms. The van der Waals surface area contributed by atoms with E-state index in [0.29, 0.717) is 18.2 Å². The fourth-order valence-electron chi connectivity index (χ4n) is 1.74. The molecule has 1 aromatic carbocycles. The molecule has 1 amide bonds. The zero-order valence-corrected chi connectivity index (χ0v) is 9.88. The van der Waals surface area contributed by atoms with E-state index in [-0.39, 0.29) is 11.8 Å². The Hall–Kier alpha value is -1.06. The average Bonchev–Trinajstić information content (AvgIpc) is 2.75. The number of carbonyl (C=O) groups is 1. The van der Waals surface area contributed by atoms with Crippen molar-refractivity contribution in [3.8, 4) is 0 Å². The number of carbonyl (C=O) groups excluding carboxylic acids is 1. The monoisotopic (exact) mass is 239 g/mol. The first-order valence-corrected chi connectivity index (χ1v) is 5.69. The summed E-state index contributed by atoms with van der Waals surface area (Å²) in [5, 5.41) is 3.58. The van der Waals surface area contributed by atoms with Gasteiger partial charge in [0, 0.05) is 17.3 Å². The van der Waals surface area contributed by atoms with E-state index in [1.54, 1.807) is 6.07 Å². The van der Waals surface area contributed by atoms with E-state index < -0.39 is 0 Å². The largest absolute Gasteiger partial charge is 0.381 e. The van der Waals surface area contributed by atoms with E-state index in [1.807, 2.05) is 19.1 Å². The van der Waals surface area contributed by atoms with Crippen LogP contribution in [-0.4, -0.2) is 19.1 Å². The summed E-state index contributed by atoms with van der Waals surface area (Å²) in [6.07, 6.45) is 0.804. The second-order valence-corrected chi connectivity index (χ2v) is 4.45. The fraction of sp³-hybridized carbons (Fsp3) is 0.417. The first kappa shape index (κ1) is 11.4. The zero-order valence-electron chi connectivity index (χ0n) is 9.13. The Morgan fingerprint density at radius 3 is 3.00 bits per heavy atom. The first-order chi connectivity index (χ1) is 7.66. The Morgan fingerprint density at radius 2 is 2.38 bits per heavy atom. The number of amides is 1. The van der Waals surface area contributed by atoms with Gasteiger partial charge in [-0.15, -0.1) is 0 Å². The van der Waals surface area contributed by atoms with E-state index in [2.05, 4.69) is 5.32 Å². The summed E-state index contributed by atoms with van der Waals surface area (Å²) in [5.41, 5.74) is 1.79. The number of benzene rings is 1. The van der Waals surface area contributed by atoms with E-state index in [9.17, 15) is 4.79 Å². The minimum Gasteiger partial charge on any atom is -0.381 e. The van der Waals surface area contributed by atoms with E-state index in [1.165, 1.54) is 0 Å². The normalized spacial score (nSPS) is 19.8. The summed E-state index contributed by atoms with van der Waals surface area (Å²) < 4.78 is 5.18. The minimum absolute atomic E-state index is 0.0184. The average molecular weight is 240 g/mol. The van der Waals surface area contributed by atoms with Crippen molar-refractivity contribution in [2.24, 2.45) is 5.92 Å². The Kier molecular flexibility index (Phi) is 3.46. The van der Waals surface area contributed by atoms with Crippen molar-refractivity contribution in [3.05, 3.63) is 28.8 Å². The van der Waals surface area contributed by atoms with Gasteiger partial charge in [0.2, 0.25) is 5.91 Å². The van der Waals surface area contributed by atoms with Crippen molar-refractivity contribution in [3.63, 3.8) is 0 Å². The van der Waals surface area contributed by atoms with Crippen LogP contribution in [0.25, 0.3) is 0 Å². The van der Waals surface area contributed by atoms with Crippen LogP contribution in [-0.2, 0) is 9.53 Å². The van der Waals surface area contributed by atoms with Gasteiger partial charge >= 0.3 is 0 Å². The number of rotatable bonds is 2. The summed E-state index contributed by atoms with van der Waals surface area (Å²) in [6.45, 7) is 3.13. The molecule has 1 atom stereocenters. The Bertz CT molecular complexity index is 400. The lowest BCUT2D eigenvalue weighted by Gasteiger charge is -2.11. The van der Waals surface area contributed by atoms with Crippen LogP contribution in [0.2, 0.25) is 5.02 Å². The molecule has 0 radical (unpaired) electrons. The van der Waals surface area contributed by atoms with Crippen LogP contribution in [0.15, 0.2) is 18.2 Å². The number of hydrogen-bond acceptors (Lipinski definition) is 2. The summed E-state index contributed by atoms with van der Waals surface area (Å²) in [5.74, 6) is 0.0120. The maximum absolute atomic E-state index is 11.8. The molecular formula is C12H14ClNO2. The summed E-state index contributed by atoms with van der Waals surface area (Å²) in [4.78, 5) is 11.8. The fourth-order valence-corrected chi connectivity index (χ4v) is 1.97. The van der Waals surface area contributed by atoms with E-state index in [0.717, 1.165) is 17.7 Å². The molecule has 3 nitrogen and oxygen atoms in total.